The number of nitrogens with zero attached hydrogens (tertiary/aromatic N) is 4. The fourth-order valence-electron chi connectivity index (χ4n) is 3.86. The van der Waals surface area contributed by atoms with Gasteiger partial charge in [-0.3, -0.25) is 9.59 Å². The average Bonchev–Trinajstić information content (AvgIpc) is 3.42. The summed E-state index contributed by atoms with van der Waals surface area (Å²) in [5.74, 6) is 1.66. The molecular weight excluding hydrogens is 470 g/mol. The van der Waals surface area contributed by atoms with Crippen molar-refractivity contribution in [3.63, 3.8) is 0 Å². The number of hydrogen-bond donors (Lipinski definition) is 1. The molecule has 9 heteroatoms. The zero-order chi connectivity index (χ0) is 24.1. The van der Waals surface area contributed by atoms with Crippen molar-refractivity contribution in [2.24, 2.45) is 5.92 Å². The lowest BCUT2D eigenvalue weighted by Gasteiger charge is -2.16. The van der Waals surface area contributed by atoms with Crippen LogP contribution in [-0.2, 0) is 23.6 Å². The number of hydrogen-bond acceptors (Lipinski definition) is 5. The van der Waals surface area contributed by atoms with Gasteiger partial charge in [0.25, 0.3) is 5.91 Å². The molecule has 2 heterocycles. The molecule has 0 radical (unpaired) electrons. The van der Waals surface area contributed by atoms with Crippen LogP contribution in [0.15, 0.2) is 53.7 Å². The molecule has 1 aliphatic rings. The Balaban J connectivity index is 1.44. The second-order valence-electron chi connectivity index (χ2n) is 8.67. The summed E-state index contributed by atoms with van der Waals surface area (Å²) >= 11 is 7.88. The van der Waals surface area contributed by atoms with Gasteiger partial charge in [-0.25, -0.2) is 0 Å². The van der Waals surface area contributed by atoms with Crippen LogP contribution in [0, 0.1) is 5.92 Å². The van der Waals surface area contributed by atoms with E-state index >= 15 is 0 Å². The van der Waals surface area contributed by atoms with Gasteiger partial charge in [0.2, 0.25) is 5.91 Å². The van der Waals surface area contributed by atoms with E-state index in [1.165, 1.54) is 0 Å². The molecular formula is C25H28ClN5O2S. The first kappa shape index (κ1) is 24.3. The van der Waals surface area contributed by atoms with Crippen molar-refractivity contribution in [2.75, 3.05) is 11.4 Å². The highest BCUT2D eigenvalue weighted by atomic mass is 35.5. The Labute approximate surface area is 208 Å². The highest BCUT2D eigenvalue weighted by Gasteiger charge is 2.22. The van der Waals surface area contributed by atoms with Crippen LogP contribution in [0.25, 0.3) is 0 Å². The second kappa shape index (κ2) is 11.1. The number of benzene rings is 2. The number of amides is 2. The Morgan fingerprint density at radius 1 is 1.18 bits per heavy atom. The van der Waals surface area contributed by atoms with Gasteiger partial charge in [0.1, 0.15) is 0 Å². The van der Waals surface area contributed by atoms with E-state index in [0.717, 1.165) is 34.4 Å². The first-order chi connectivity index (χ1) is 16.4. The molecule has 1 N–H and O–H groups in total. The molecule has 2 amide bonds. The molecule has 0 spiro atoms. The maximum atomic E-state index is 12.9. The van der Waals surface area contributed by atoms with Crippen LogP contribution in [-0.4, -0.2) is 33.1 Å². The first-order valence-corrected chi connectivity index (χ1v) is 12.8. The summed E-state index contributed by atoms with van der Waals surface area (Å²) in [6.45, 7) is 5.97. The third-order valence-corrected chi connectivity index (χ3v) is 6.94. The minimum atomic E-state index is -0.210. The molecule has 0 atom stereocenters. The minimum Gasteiger partial charge on any atom is -0.345 e. The molecule has 1 aromatic heterocycles. The number of aromatic nitrogens is 3. The van der Waals surface area contributed by atoms with Gasteiger partial charge in [-0.2, -0.15) is 0 Å². The van der Waals surface area contributed by atoms with Crippen molar-refractivity contribution in [1.29, 1.82) is 0 Å². The minimum absolute atomic E-state index is 0.0983. The monoisotopic (exact) mass is 497 g/mol. The maximum absolute atomic E-state index is 12.9. The van der Waals surface area contributed by atoms with E-state index in [1.54, 1.807) is 34.9 Å². The smallest absolute Gasteiger partial charge is 0.251 e. The van der Waals surface area contributed by atoms with E-state index in [9.17, 15) is 9.59 Å². The number of thioether (sulfide) groups is 1. The predicted octanol–water partition coefficient (Wildman–Crippen LogP) is 4.94. The van der Waals surface area contributed by atoms with Gasteiger partial charge in [0, 0.05) is 41.5 Å². The Morgan fingerprint density at radius 3 is 2.74 bits per heavy atom. The molecule has 1 fully saturated rings. The summed E-state index contributed by atoms with van der Waals surface area (Å²) in [4.78, 5) is 26.7. The molecule has 0 unspecified atom stereocenters. The van der Waals surface area contributed by atoms with E-state index in [4.69, 9.17) is 11.6 Å². The summed E-state index contributed by atoms with van der Waals surface area (Å²) in [5, 5.41) is 13.2. The second-order valence-corrected chi connectivity index (χ2v) is 10.0. The Morgan fingerprint density at radius 2 is 2.00 bits per heavy atom. The van der Waals surface area contributed by atoms with Crippen LogP contribution in [0.2, 0.25) is 5.02 Å². The third kappa shape index (κ3) is 5.80. The number of nitrogens with one attached hydrogen (secondary N) is 1. The highest BCUT2D eigenvalue weighted by Crippen LogP contribution is 2.27. The van der Waals surface area contributed by atoms with E-state index in [-0.39, 0.29) is 18.4 Å². The fraction of sp³-hybridized carbons (Fsp3) is 0.360. The van der Waals surface area contributed by atoms with Crippen LogP contribution in [0.3, 0.4) is 0 Å². The number of halogens is 1. The first-order valence-electron chi connectivity index (χ1n) is 11.4. The SMILES string of the molecule is CC(C)Cn1c(CNC(=O)c2cccc(N3CCCC3=O)c2)nnc1SCc1ccccc1Cl. The van der Waals surface area contributed by atoms with E-state index < -0.39 is 0 Å². The molecule has 4 rings (SSSR count). The van der Waals surface area contributed by atoms with Crippen molar-refractivity contribution >= 4 is 40.9 Å². The summed E-state index contributed by atoms with van der Waals surface area (Å²) in [6, 6.07) is 15.0. The Bertz CT molecular complexity index is 1180. The number of rotatable bonds is 9. The summed E-state index contributed by atoms with van der Waals surface area (Å²) in [6.07, 6.45) is 1.40. The molecule has 2 aromatic carbocycles. The zero-order valence-corrected chi connectivity index (χ0v) is 20.9. The lowest BCUT2D eigenvalue weighted by molar-refractivity contribution is -0.117. The van der Waals surface area contributed by atoms with Crippen LogP contribution in [0.5, 0.6) is 0 Å². The maximum Gasteiger partial charge on any atom is 0.251 e. The predicted molar refractivity (Wildman–Crippen MR) is 135 cm³/mol. The molecule has 0 saturated carbocycles. The fourth-order valence-corrected chi connectivity index (χ4v) is 5.11. The molecule has 7 nitrogen and oxygen atoms in total. The average molecular weight is 498 g/mol. The van der Waals surface area contributed by atoms with Crippen LogP contribution < -0.4 is 10.2 Å². The number of carbonyl (C=O) groups is 2. The van der Waals surface area contributed by atoms with Crippen molar-refractivity contribution in [3.05, 3.63) is 70.5 Å². The zero-order valence-electron chi connectivity index (χ0n) is 19.3. The van der Waals surface area contributed by atoms with Gasteiger partial charge in [0.05, 0.1) is 6.54 Å². The standard InChI is InChI=1S/C25H28ClN5O2S/c1-17(2)15-31-22(28-29-25(31)34-16-19-7-3-4-10-21(19)26)14-27-24(33)18-8-5-9-20(13-18)30-12-6-11-23(30)32/h3-5,7-10,13,17H,6,11-12,14-16H2,1-2H3,(H,27,33). The summed E-state index contributed by atoms with van der Waals surface area (Å²) in [7, 11) is 0. The van der Waals surface area contributed by atoms with Gasteiger partial charge in [-0.05, 0) is 42.2 Å². The van der Waals surface area contributed by atoms with Crippen LogP contribution in [0.4, 0.5) is 5.69 Å². The van der Waals surface area contributed by atoms with E-state index in [2.05, 4.69) is 33.9 Å². The molecule has 178 valence electrons. The van der Waals surface area contributed by atoms with Crippen molar-refractivity contribution in [3.8, 4) is 0 Å². The largest absolute Gasteiger partial charge is 0.345 e. The third-order valence-electron chi connectivity index (χ3n) is 5.56. The van der Waals surface area contributed by atoms with Gasteiger partial charge in [-0.1, -0.05) is 61.5 Å². The Kier molecular flexibility index (Phi) is 7.90. The summed E-state index contributed by atoms with van der Waals surface area (Å²) in [5.41, 5.74) is 2.32. The normalized spacial score (nSPS) is 13.6. The van der Waals surface area contributed by atoms with Crippen molar-refractivity contribution in [1.82, 2.24) is 20.1 Å². The molecule has 0 aliphatic carbocycles. The van der Waals surface area contributed by atoms with Crippen molar-refractivity contribution in [2.45, 2.75) is 50.7 Å². The lowest BCUT2D eigenvalue weighted by Crippen LogP contribution is -2.27. The van der Waals surface area contributed by atoms with Crippen molar-refractivity contribution < 1.29 is 9.59 Å². The Hall–Kier alpha value is -2.84. The molecule has 34 heavy (non-hydrogen) atoms. The molecule has 3 aromatic rings. The van der Waals surface area contributed by atoms with Gasteiger partial charge in [-0.15, -0.1) is 10.2 Å². The number of carbonyl (C=O) groups excluding carboxylic acids is 2. The van der Waals surface area contributed by atoms with Crippen LogP contribution >= 0.6 is 23.4 Å². The summed E-state index contributed by atoms with van der Waals surface area (Å²) < 4.78 is 2.06. The van der Waals surface area contributed by atoms with E-state index in [0.29, 0.717) is 36.0 Å². The van der Waals surface area contributed by atoms with Crippen LogP contribution in [0.1, 0.15) is 48.4 Å². The highest BCUT2D eigenvalue weighted by molar-refractivity contribution is 7.98. The lowest BCUT2D eigenvalue weighted by atomic mass is 10.1. The van der Waals surface area contributed by atoms with E-state index in [1.807, 2.05) is 30.3 Å². The van der Waals surface area contributed by atoms with Gasteiger partial charge < -0.3 is 14.8 Å². The quantitative estimate of drug-likeness (QED) is 0.424. The molecule has 1 saturated heterocycles. The number of anilines is 1. The molecule has 1 aliphatic heterocycles. The molecule has 0 bridgehead atoms. The topological polar surface area (TPSA) is 80.1 Å². The van der Waals surface area contributed by atoms with Gasteiger partial charge >= 0.3 is 0 Å². The van der Waals surface area contributed by atoms with Gasteiger partial charge in [0.15, 0.2) is 11.0 Å².